The SMILES string of the molecule is Cc1cc2c(cc1F)c(C#N)c(-c1ccc(S(=O)(=O)NC(C)C(F)(F)F)cn1)n2-c1cscc1C. The van der Waals surface area contributed by atoms with Crippen molar-refractivity contribution < 1.29 is 26.0 Å². The summed E-state index contributed by atoms with van der Waals surface area (Å²) in [7, 11) is -4.51. The number of nitriles is 1. The predicted molar refractivity (Wildman–Crippen MR) is 124 cm³/mol. The molecule has 1 N–H and O–H groups in total. The lowest BCUT2D eigenvalue weighted by Gasteiger charge is -2.17. The molecule has 0 spiro atoms. The van der Waals surface area contributed by atoms with Crippen molar-refractivity contribution in [3.8, 4) is 23.1 Å². The van der Waals surface area contributed by atoms with E-state index in [9.17, 15) is 31.2 Å². The monoisotopic (exact) mass is 522 g/mol. The standard InChI is InChI=1S/C23H18F4N4O2S2/c1-12-6-20-16(7-18(12)24)17(8-28)22(31(20)21-11-34-10-13(21)2)19-5-4-15(9-29-19)35(32,33)30-14(3)23(25,26)27/h4-7,9-11,14,30H,1-3H3. The summed E-state index contributed by atoms with van der Waals surface area (Å²) < 4.78 is 81.1. The van der Waals surface area contributed by atoms with E-state index in [1.165, 1.54) is 23.5 Å². The summed E-state index contributed by atoms with van der Waals surface area (Å²) in [5.41, 5.74) is 3.22. The van der Waals surface area contributed by atoms with Crippen LogP contribution in [0.2, 0.25) is 0 Å². The fourth-order valence-corrected chi connectivity index (χ4v) is 5.63. The minimum atomic E-state index is -4.76. The van der Waals surface area contributed by atoms with Gasteiger partial charge in [-0.2, -0.15) is 23.2 Å². The molecule has 182 valence electrons. The van der Waals surface area contributed by atoms with Crippen LogP contribution < -0.4 is 4.72 Å². The number of thiophene rings is 1. The van der Waals surface area contributed by atoms with E-state index < -0.39 is 33.0 Å². The van der Waals surface area contributed by atoms with Crippen molar-refractivity contribution >= 4 is 32.3 Å². The highest BCUT2D eigenvalue weighted by Gasteiger charge is 2.39. The Kier molecular flexibility index (Phi) is 6.21. The van der Waals surface area contributed by atoms with Crippen LogP contribution in [0.15, 0.2) is 46.1 Å². The third kappa shape index (κ3) is 4.42. The fourth-order valence-electron chi connectivity index (χ4n) is 3.65. The first kappa shape index (κ1) is 24.8. The van der Waals surface area contributed by atoms with E-state index in [4.69, 9.17) is 0 Å². The molecule has 0 amide bonds. The maximum atomic E-state index is 14.4. The molecule has 0 aliphatic carbocycles. The number of rotatable bonds is 5. The second kappa shape index (κ2) is 8.75. The van der Waals surface area contributed by atoms with E-state index in [-0.39, 0.29) is 11.3 Å². The quantitative estimate of drug-likeness (QED) is 0.345. The predicted octanol–water partition coefficient (Wildman–Crippen LogP) is 5.61. The zero-order valence-corrected chi connectivity index (χ0v) is 20.2. The first-order valence-corrected chi connectivity index (χ1v) is 12.6. The van der Waals surface area contributed by atoms with E-state index in [1.807, 2.05) is 17.7 Å². The van der Waals surface area contributed by atoms with Crippen molar-refractivity contribution in [2.75, 3.05) is 0 Å². The molecule has 35 heavy (non-hydrogen) atoms. The van der Waals surface area contributed by atoms with Crippen LogP contribution in [0.1, 0.15) is 23.6 Å². The number of fused-ring (bicyclic) bond motifs is 1. The zero-order chi connectivity index (χ0) is 25.7. The Bertz CT molecular complexity index is 1580. The van der Waals surface area contributed by atoms with Crippen LogP contribution in [0, 0.1) is 31.0 Å². The number of nitrogens with zero attached hydrogens (tertiary/aromatic N) is 3. The molecule has 1 unspecified atom stereocenters. The number of nitrogens with one attached hydrogen (secondary N) is 1. The molecule has 4 rings (SSSR count). The van der Waals surface area contributed by atoms with Gasteiger partial charge in [0.2, 0.25) is 10.0 Å². The van der Waals surface area contributed by atoms with Gasteiger partial charge < -0.3 is 4.57 Å². The summed E-state index contributed by atoms with van der Waals surface area (Å²) in [4.78, 5) is 3.71. The number of hydrogen-bond donors (Lipinski definition) is 1. The molecular weight excluding hydrogens is 504 g/mol. The average molecular weight is 523 g/mol. The van der Waals surface area contributed by atoms with Crippen molar-refractivity contribution in [3.05, 3.63) is 63.7 Å². The van der Waals surface area contributed by atoms with Crippen LogP contribution in [0.5, 0.6) is 0 Å². The molecule has 6 nitrogen and oxygen atoms in total. The highest BCUT2D eigenvalue weighted by atomic mass is 32.2. The van der Waals surface area contributed by atoms with Crippen LogP contribution >= 0.6 is 11.3 Å². The summed E-state index contributed by atoms with van der Waals surface area (Å²) in [5, 5.41) is 14.1. The number of halogens is 4. The molecular formula is C23H18F4N4O2S2. The molecule has 1 aromatic carbocycles. The average Bonchev–Trinajstić information content (AvgIpc) is 3.33. The molecule has 0 radical (unpaired) electrons. The van der Waals surface area contributed by atoms with E-state index in [1.54, 1.807) is 22.3 Å². The van der Waals surface area contributed by atoms with Crippen LogP contribution in [-0.2, 0) is 10.0 Å². The van der Waals surface area contributed by atoms with Crippen molar-refractivity contribution in [1.82, 2.24) is 14.3 Å². The first-order chi connectivity index (χ1) is 16.3. The molecule has 0 fully saturated rings. The van der Waals surface area contributed by atoms with E-state index in [2.05, 4.69) is 11.1 Å². The van der Waals surface area contributed by atoms with Gasteiger partial charge in [0.05, 0.1) is 28.2 Å². The molecule has 0 bridgehead atoms. The van der Waals surface area contributed by atoms with E-state index >= 15 is 0 Å². The number of benzene rings is 1. The van der Waals surface area contributed by atoms with Crippen molar-refractivity contribution in [1.29, 1.82) is 5.26 Å². The van der Waals surface area contributed by atoms with Gasteiger partial charge in [-0.3, -0.25) is 4.98 Å². The van der Waals surface area contributed by atoms with Gasteiger partial charge in [-0.15, -0.1) is 11.3 Å². The Balaban J connectivity index is 1.91. The van der Waals surface area contributed by atoms with Gasteiger partial charge in [0, 0.05) is 17.0 Å². The smallest absolute Gasteiger partial charge is 0.305 e. The maximum absolute atomic E-state index is 14.4. The summed E-state index contributed by atoms with van der Waals surface area (Å²) in [6.07, 6.45) is -3.83. The van der Waals surface area contributed by atoms with Crippen molar-refractivity contribution in [2.45, 2.75) is 37.9 Å². The lowest BCUT2D eigenvalue weighted by Crippen LogP contribution is -2.42. The van der Waals surface area contributed by atoms with Gasteiger partial charge in [-0.1, -0.05) is 0 Å². The Labute approximate surface area is 202 Å². The normalized spacial score (nSPS) is 13.2. The fraction of sp³-hybridized carbons (Fsp3) is 0.217. The summed E-state index contributed by atoms with van der Waals surface area (Å²) >= 11 is 1.43. The minimum Gasteiger partial charge on any atom is -0.305 e. The molecule has 0 aliphatic heterocycles. The Hall–Kier alpha value is -3.27. The van der Waals surface area contributed by atoms with Gasteiger partial charge in [-0.25, -0.2) is 12.8 Å². The lowest BCUT2D eigenvalue weighted by atomic mass is 10.1. The molecule has 0 saturated heterocycles. The third-order valence-electron chi connectivity index (χ3n) is 5.54. The van der Waals surface area contributed by atoms with E-state index in [0.717, 1.165) is 23.5 Å². The Morgan fingerprint density at radius 2 is 1.89 bits per heavy atom. The second-order valence-electron chi connectivity index (χ2n) is 7.99. The Morgan fingerprint density at radius 3 is 2.43 bits per heavy atom. The van der Waals surface area contributed by atoms with Crippen molar-refractivity contribution in [3.63, 3.8) is 0 Å². The largest absolute Gasteiger partial charge is 0.404 e. The van der Waals surface area contributed by atoms with Gasteiger partial charge in [0.15, 0.2) is 0 Å². The molecule has 1 atom stereocenters. The highest BCUT2D eigenvalue weighted by molar-refractivity contribution is 7.89. The second-order valence-corrected chi connectivity index (χ2v) is 10.5. The Morgan fingerprint density at radius 1 is 1.17 bits per heavy atom. The van der Waals surface area contributed by atoms with Gasteiger partial charge >= 0.3 is 6.18 Å². The number of alkyl halides is 3. The number of hydrogen-bond acceptors (Lipinski definition) is 5. The summed E-state index contributed by atoms with van der Waals surface area (Å²) in [6, 6.07) is 5.11. The number of aromatic nitrogens is 2. The molecule has 12 heteroatoms. The minimum absolute atomic E-state index is 0.136. The summed E-state index contributed by atoms with van der Waals surface area (Å²) in [6.45, 7) is 4.17. The molecule has 0 aliphatic rings. The van der Waals surface area contributed by atoms with Crippen LogP contribution in [0.3, 0.4) is 0 Å². The number of aryl methyl sites for hydroxylation is 2. The first-order valence-electron chi connectivity index (χ1n) is 10.2. The third-order valence-corrected chi connectivity index (χ3v) is 7.92. The molecule has 3 heterocycles. The van der Waals surface area contributed by atoms with E-state index in [0.29, 0.717) is 29.1 Å². The van der Waals surface area contributed by atoms with Gasteiger partial charge in [-0.05, 0) is 61.5 Å². The van der Waals surface area contributed by atoms with Gasteiger partial charge in [0.25, 0.3) is 0 Å². The summed E-state index contributed by atoms with van der Waals surface area (Å²) in [5.74, 6) is -0.487. The van der Waals surface area contributed by atoms with Crippen molar-refractivity contribution in [2.24, 2.45) is 0 Å². The van der Waals surface area contributed by atoms with Crippen LogP contribution in [0.25, 0.3) is 28.0 Å². The highest BCUT2D eigenvalue weighted by Crippen LogP contribution is 2.38. The zero-order valence-electron chi connectivity index (χ0n) is 18.6. The van der Waals surface area contributed by atoms with Gasteiger partial charge in [0.1, 0.15) is 22.8 Å². The maximum Gasteiger partial charge on any atom is 0.404 e. The number of pyridine rings is 1. The number of sulfonamides is 1. The topological polar surface area (TPSA) is 87.8 Å². The lowest BCUT2D eigenvalue weighted by molar-refractivity contribution is -0.147. The molecule has 3 aromatic heterocycles. The molecule has 0 saturated carbocycles. The van der Waals surface area contributed by atoms with Crippen LogP contribution in [0.4, 0.5) is 17.6 Å². The molecule has 4 aromatic rings. The van der Waals surface area contributed by atoms with Crippen LogP contribution in [-0.4, -0.2) is 30.2 Å².